The van der Waals surface area contributed by atoms with Gasteiger partial charge in [-0.3, -0.25) is 26.7 Å². The maximum atomic E-state index is 12.4. The molecule has 2 heterocycles. The van der Waals surface area contributed by atoms with E-state index in [2.05, 4.69) is 47.8 Å². The standard InChI is InChI=1S/C17H23NO3.3C6H12N.ClH.H2O4S/c1-18-13-7-8-14(18)10-15(9-13)21-17(20)16(11-19)12-5-3-2-4-6-12;3*1-5-6-7(2,3)4;;1-5(2,3)4/h2-6,13-16,19H,7-11H2,1H3;3*1-4H3;1H;(H2,1,2,3,4)/q;3*+1;;/p-3. The first-order chi connectivity index (χ1) is 21.4. The zero-order chi connectivity index (χ0) is 37.1. The van der Waals surface area contributed by atoms with Gasteiger partial charge < -0.3 is 36.3 Å². The summed E-state index contributed by atoms with van der Waals surface area (Å²) >= 11 is 0. The first kappa shape index (κ1) is 49.7. The molecule has 0 saturated carbocycles. The molecule has 3 unspecified atom stereocenters. The lowest BCUT2D eigenvalue weighted by Crippen LogP contribution is -3.00. The number of piperidine rings is 1. The van der Waals surface area contributed by atoms with E-state index >= 15 is 0 Å². The molecule has 1 aromatic carbocycles. The van der Waals surface area contributed by atoms with Crippen LogP contribution in [0.25, 0.3) is 0 Å². The van der Waals surface area contributed by atoms with Crippen LogP contribution in [0.2, 0.25) is 0 Å². The average molecular weight is 715 g/mol. The summed E-state index contributed by atoms with van der Waals surface area (Å²) in [5.41, 5.74) is 0.820. The summed E-state index contributed by atoms with van der Waals surface area (Å²) in [5, 5.41) is 9.53. The number of quaternary nitrogens is 3. The zero-order valence-corrected chi connectivity index (χ0v) is 32.8. The Hall–Kier alpha value is -2.67. The van der Waals surface area contributed by atoms with Crippen molar-refractivity contribution in [3.63, 3.8) is 0 Å². The van der Waals surface area contributed by atoms with E-state index in [1.165, 1.54) is 12.8 Å². The highest BCUT2D eigenvalue weighted by atomic mass is 35.5. The first-order valence-electron chi connectivity index (χ1n) is 15.4. The van der Waals surface area contributed by atoms with Crippen molar-refractivity contribution in [3.8, 4) is 35.9 Å². The van der Waals surface area contributed by atoms with Gasteiger partial charge in [-0.05, 0) is 56.1 Å². The summed E-state index contributed by atoms with van der Waals surface area (Å²) in [7, 11) is 15.3. The van der Waals surface area contributed by atoms with Crippen LogP contribution in [0.15, 0.2) is 30.3 Å². The van der Waals surface area contributed by atoms with E-state index in [0.29, 0.717) is 12.1 Å². The molecule has 0 aliphatic carbocycles. The maximum Gasteiger partial charge on any atom is 0.316 e. The zero-order valence-electron chi connectivity index (χ0n) is 31.2. The van der Waals surface area contributed by atoms with Crippen molar-refractivity contribution in [2.24, 2.45) is 0 Å². The van der Waals surface area contributed by atoms with Gasteiger partial charge in [-0.2, -0.15) is 0 Å². The second-order valence-corrected chi connectivity index (χ2v) is 14.6. The highest BCUT2D eigenvalue weighted by Crippen LogP contribution is 2.36. The van der Waals surface area contributed by atoms with Crippen LogP contribution in [0.3, 0.4) is 0 Å². The van der Waals surface area contributed by atoms with Gasteiger partial charge in [-0.1, -0.05) is 30.3 Å². The highest BCUT2D eigenvalue weighted by molar-refractivity contribution is 7.79. The van der Waals surface area contributed by atoms with Crippen molar-refractivity contribution < 1.29 is 58.0 Å². The van der Waals surface area contributed by atoms with Gasteiger partial charge in [0.2, 0.25) is 0 Å². The SMILES string of the molecule is CC#C[N+](C)(C)C.CC#C[N+](C)(C)C.CC#C[N+](C)(C)C.CN1C2CCC1CC(OC(=O)C(CO)c1ccccc1)C2.O=S(=O)([O-])[O-].[Cl-]. The van der Waals surface area contributed by atoms with Gasteiger partial charge in [0, 0.05) is 43.3 Å². The number of carbonyl (C=O) groups is 1. The monoisotopic (exact) mass is 714 g/mol. The molecule has 0 radical (unpaired) electrons. The summed E-state index contributed by atoms with van der Waals surface area (Å²) in [4.78, 5) is 14.8. The lowest BCUT2D eigenvalue weighted by atomic mass is 9.98. The third kappa shape index (κ3) is 28.4. The van der Waals surface area contributed by atoms with Crippen LogP contribution in [0, 0.1) is 35.9 Å². The summed E-state index contributed by atoms with van der Waals surface area (Å²) in [6, 6.07) is 19.4. The maximum absolute atomic E-state index is 12.4. The number of hydrogen-bond donors (Lipinski definition) is 1. The Morgan fingerprint density at radius 2 is 1.17 bits per heavy atom. The number of benzene rings is 1. The lowest BCUT2D eigenvalue weighted by molar-refractivity contribution is -0.800. The van der Waals surface area contributed by atoms with Crippen molar-refractivity contribution in [3.05, 3.63) is 35.9 Å². The van der Waals surface area contributed by atoms with E-state index in [4.69, 9.17) is 22.3 Å². The Kier molecular flexibility index (Phi) is 24.5. The summed E-state index contributed by atoms with van der Waals surface area (Å²) < 4.78 is 42.0. The Morgan fingerprint density at radius 1 is 0.833 bits per heavy atom. The molecule has 3 rings (SSSR count). The number of carbonyl (C=O) groups excluding carboxylic acids is 1. The molecule has 274 valence electrons. The molecule has 13 heteroatoms. The number of aliphatic hydroxyl groups excluding tert-OH is 1. The molecule has 2 aliphatic heterocycles. The predicted molar refractivity (Wildman–Crippen MR) is 185 cm³/mol. The summed E-state index contributed by atoms with van der Waals surface area (Å²) in [6.45, 7) is 5.35. The number of fused-ring (bicyclic) bond motifs is 2. The fourth-order valence-corrected chi connectivity index (χ4v) is 4.71. The topological polar surface area (TPSA) is 130 Å². The number of esters is 1. The molecule has 2 aliphatic rings. The molecule has 1 aromatic rings. The Morgan fingerprint density at radius 3 is 1.42 bits per heavy atom. The Balaban J connectivity index is -0.000000623. The molecule has 2 fully saturated rings. The number of ether oxygens (including phenoxy) is 1. The minimum Gasteiger partial charge on any atom is -1.00 e. The number of rotatable bonds is 4. The van der Waals surface area contributed by atoms with E-state index < -0.39 is 16.3 Å². The number of hydrogen-bond acceptors (Lipinski definition) is 8. The van der Waals surface area contributed by atoms with Gasteiger partial charge in [0.15, 0.2) is 0 Å². The largest absolute Gasteiger partial charge is 1.00 e. The van der Waals surface area contributed by atoms with Crippen LogP contribution in [-0.4, -0.2) is 142 Å². The minimum absolute atomic E-state index is 0. The molecule has 3 atom stereocenters. The van der Waals surface area contributed by atoms with Crippen molar-refractivity contribution in [1.82, 2.24) is 4.90 Å². The molecular weight excluding hydrogens is 656 g/mol. The molecule has 48 heavy (non-hydrogen) atoms. The van der Waals surface area contributed by atoms with Crippen molar-refractivity contribution in [2.45, 2.75) is 70.6 Å². The van der Waals surface area contributed by atoms with E-state index in [1.54, 1.807) is 0 Å². The Labute approximate surface area is 298 Å². The van der Waals surface area contributed by atoms with E-state index in [0.717, 1.165) is 31.9 Å². The number of aliphatic hydroxyl groups is 1. The van der Waals surface area contributed by atoms with Crippen LogP contribution in [0.1, 0.15) is 57.9 Å². The van der Waals surface area contributed by atoms with Crippen LogP contribution >= 0.6 is 0 Å². The van der Waals surface area contributed by atoms with Gasteiger partial charge >= 0.3 is 5.97 Å². The van der Waals surface area contributed by atoms with Crippen LogP contribution in [-0.2, 0) is 19.9 Å². The predicted octanol–water partition coefficient (Wildman–Crippen LogP) is -0.383. The molecule has 1 N–H and O–H groups in total. The van der Waals surface area contributed by atoms with Crippen molar-refractivity contribution in [2.75, 3.05) is 77.1 Å². The molecular formula is C35H59ClN4O7S. The molecule has 0 aromatic heterocycles. The lowest BCUT2D eigenvalue weighted by Gasteiger charge is -2.36. The second-order valence-electron chi connectivity index (χ2n) is 13.8. The minimum atomic E-state index is -5.17. The van der Waals surface area contributed by atoms with Crippen molar-refractivity contribution in [1.29, 1.82) is 0 Å². The van der Waals surface area contributed by atoms with Gasteiger partial charge in [0.05, 0.1) is 70.0 Å². The van der Waals surface area contributed by atoms with Gasteiger partial charge in [-0.15, -0.1) is 0 Å². The van der Waals surface area contributed by atoms with Gasteiger partial charge in [0.25, 0.3) is 0 Å². The third-order valence-corrected chi connectivity index (χ3v) is 6.35. The van der Waals surface area contributed by atoms with E-state index in [1.807, 2.05) is 115 Å². The average Bonchev–Trinajstić information content (AvgIpc) is 3.08. The summed E-state index contributed by atoms with van der Waals surface area (Å²) in [6.07, 6.45) is 4.26. The normalized spacial score (nSPS) is 18.6. The van der Waals surface area contributed by atoms with E-state index in [9.17, 15) is 9.90 Å². The quantitative estimate of drug-likeness (QED) is 0.147. The molecule has 0 amide bonds. The van der Waals surface area contributed by atoms with Crippen LogP contribution in [0.5, 0.6) is 0 Å². The first-order valence-corrected chi connectivity index (χ1v) is 16.7. The number of nitrogens with zero attached hydrogens (tertiary/aromatic N) is 4. The van der Waals surface area contributed by atoms with Gasteiger partial charge in [-0.25, -0.2) is 0 Å². The third-order valence-electron chi connectivity index (χ3n) is 6.35. The molecule has 2 saturated heterocycles. The van der Waals surface area contributed by atoms with Crippen LogP contribution < -0.4 is 12.4 Å². The summed E-state index contributed by atoms with van der Waals surface area (Å²) in [5.74, 6) is 7.63. The highest BCUT2D eigenvalue weighted by Gasteiger charge is 2.40. The number of halogens is 1. The van der Waals surface area contributed by atoms with E-state index in [-0.39, 0.29) is 31.1 Å². The smallest absolute Gasteiger partial charge is 0.316 e. The Bertz CT molecular complexity index is 1260. The molecule has 0 spiro atoms. The molecule has 2 bridgehead atoms. The van der Waals surface area contributed by atoms with Gasteiger partial charge in [0.1, 0.15) is 30.2 Å². The van der Waals surface area contributed by atoms with Crippen LogP contribution in [0.4, 0.5) is 0 Å². The fourth-order valence-electron chi connectivity index (χ4n) is 4.71. The van der Waals surface area contributed by atoms with Crippen molar-refractivity contribution >= 4 is 16.4 Å². The molecule has 11 nitrogen and oxygen atoms in total. The fraction of sp³-hybridized carbons (Fsp3) is 0.629. The second kappa shape index (κ2) is 23.6.